The van der Waals surface area contributed by atoms with Crippen LogP contribution < -0.4 is 9.47 Å². The highest BCUT2D eigenvalue weighted by Gasteiger charge is 2.16. The molecule has 150 valence electrons. The molecule has 9 nitrogen and oxygen atoms in total. The first-order valence-corrected chi connectivity index (χ1v) is 8.58. The number of benzene rings is 2. The minimum absolute atomic E-state index is 0.0344. The molecule has 0 N–H and O–H groups in total. The van der Waals surface area contributed by atoms with Crippen molar-refractivity contribution in [3.8, 4) is 23.0 Å². The molecule has 2 aromatic carbocycles. The van der Waals surface area contributed by atoms with Crippen LogP contribution >= 0.6 is 0 Å². The third-order valence-corrected chi connectivity index (χ3v) is 3.94. The first-order chi connectivity index (χ1) is 14.0. The van der Waals surface area contributed by atoms with E-state index in [2.05, 4.69) is 4.98 Å². The van der Waals surface area contributed by atoms with Crippen molar-refractivity contribution in [1.29, 1.82) is 0 Å². The number of methoxy groups -OCH3 is 1. The van der Waals surface area contributed by atoms with Crippen molar-refractivity contribution in [1.82, 2.24) is 4.98 Å². The molecule has 0 aliphatic carbocycles. The van der Waals surface area contributed by atoms with Crippen LogP contribution in [-0.4, -0.2) is 29.6 Å². The zero-order valence-corrected chi connectivity index (χ0v) is 15.8. The van der Waals surface area contributed by atoms with E-state index in [0.29, 0.717) is 11.6 Å². The summed E-state index contributed by atoms with van der Waals surface area (Å²) in [6.07, 6.45) is 1.42. The second-order valence-electron chi connectivity index (χ2n) is 6.05. The maximum atomic E-state index is 11.9. The average molecular weight is 398 g/mol. The Bertz CT molecular complexity index is 1010. The molecule has 0 spiro atoms. The molecule has 3 aromatic rings. The van der Waals surface area contributed by atoms with E-state index < -0.39 is 10.9 Å². The van der Waals surface area contributed by atoms with Gasteiger partial charge < -0.3 is 18.6 Å². The number of carbonyl (C=O) groups excluding carboxylic acids is 1. The Morgan fingerprint density at radius 1 is 1.21 bits per heavy atom. The molecule has 3 rings (SSSR count). The number of aromatic nitrogens is 1. The number of oxazole rings is 1. The summed E-state index contributed by atoms with van der Waals surface area (Å²) in [6, 6.07) is 11.6. The monoisotopic (exact) mass is 398 g/mol. The van der Waals surface area contributed by atoms with E-state index >= 15 is 0 Å². The van der Waals surface area contributed by atoms with Crippen molar-refractivity contribution in [3.05, 3.63) is 70.1 Å². The lowest BCUT2D eigenvalue weighted by Crippen LogP contribution is -2.15. The van der Waals surface area contributed by atoms with Crippen LogP contribution in [0.3, 0.4) is 0 Å². The van der Waals surface area contributed by atoms with Crippen LogP contribution in [0.4, 0.5) is 5.69 Å². The van der Waals surface area contributed by atoms with Gasteiger partial charge in [0, 0.05) is 17.7 Å². The summed E-state index contributed by atoms with van der Waals surface area (Å²) in [5.41, 5.74) is 2.22. The van der Waals surface area contributed by atoms with Crippen LogP contribution in [0.15, 0.2) is 53.1 Å². The van der Waals surface area contributed by atoms with Crippen molar-refractivity contribution in [2.45, 2.75) is 13.5 Å². The zero-order chi connectivity index (χ0) is 20.8. The van der Waals surface area contributed by atoms with E-state index in [1.165, 1.54) is 31.6 Å². The molecule has 29 heavy (non-hydrogen) atoms. The molecule has 0 fully saturated rings. The molecule has 1 aromatic heterocycles. The number of esters is 1. The van der Waals surface area contributed by atoms with Crippen LogP contribution in [0.1, 0.15) is 11.3 Å². The summed E-state index contributed by atoms with van der Waals surface area (Å²) < 4.78 is 20.8. The van der Waals surface area contributed by atoms with Crippen LogP contribution in [0.25, 0.3) is 11.5 Å². The topological polar surface area (TPSA) is 114 Å². The fourth-order valence-corrected chi connectivity index (χ4v) is 2.44. The van der Waals surface area contributed by atoms with Gasteiger partial charge in [0.1, 0.15) is 24.3 Å². The second-order valence-corrected chi connectivity index (χ2v) is 6.05. The van der Waals surface area contributed by atoms with Gasteiger partial charge in [-0.15, -0.1) is 0 Å². The SMILES string of the molecule is COc1cc(OCC(=O)OCc2coc(-c3ccc(C)cc3)n2)ccc1[N+](=O)[O-]. The summed E-state index contributed by atoms with van der Waals surface area (Å²) in [6.45, 7) is 1.55. The number of rotatable bonds is 8. The maximum Gasteiger partial charge on any atom is 0.344 e. The third kappa shape index (κ3) is 5.10. The minimum Gasteiger partial charge on any atom is -0.490 e. The molecule has 1 heterocycles. The smallest absolute Gasteiger partial charge is 0.344 e. The van der Waals surface area contributed by atoms with Crippen LogP contribution in [0.2, 0.25) is 0 Å². The first-order valence-electron chi connectivity index (χ1n) is 8.58. The molecule has 0 amide bonds. The summed E-state index contributed by atoms with van der Waals surface area (Å²) in [5.74, 6) is 0.0899. The van der Waals surface area contributed by atoms with E-state index in [-0.39, 0.29) is 30.4 Å². The van der Waals surface area contributed by atoms with Gasteiger partial charge in [-0.2, -0.15) is 0 Å². The van der Waals surface area contributed by atoms with Gasteiger partial charge in [-0.25, -0.2) is 9.78 Å². The molecule has 0 unspecified atom stereocenters. The fraction of sp³-hybridized carbons (Fsp3) is 0.200. The van der Waals surface area contributed by atoms with Gasteiger partial charge in [-0.3, -0.25) is 10.1 Å². The molecule has 0 aliphatic rings. The van der Waals surface area contributed by atoms with Crippen LogP contribution in [0.5, 0.6) is 11.5 Å². The van der Waals surface area contributed by atoms with Crippen LogP contribution in [-0.2, 0) is 16.1 Å². The maximum absolute atomic E-state index is 11.9. The summed E-state index contributed by atoms with van der Waals surface area (Å²) in [4.78, 5) is 26.5. The van der Waals surface area contributed by atoms with E-state index in [1.807, 2.05) is 31.2 Å². The molecule has 0 saturated carbocycles. The van der Waals surface area contributed by atoms with Gasteiger partial charge in [0.15, 0.2) is 6.61 Å². The third-order valence-electron chi connectivity index (χ3n) is 3.94. The molecule has 0 saturated heterocycles. The molecule has 0 atom stereocenters. The minimum atomic E-state index is -0.623. The Hall–Kier alpha value is -3.88. The Balaban J connectivity index is 1.52. The van der Waals surface area contributed by atoms with Crippen molar-refractivity contribution in [3.63, 3.8) is 0 Å². The number of hydrogen-bond donors (Lipinski definition) is 0. The summed E-state index contributed by atoms with van der Waals surface area (Å²) >= 11 is 0. The Labute approximate surface area is 166 Å². The summed E-state index contributed by atoms with van der Waals surface area (Å²) in [7, 11) is 1.31. The van der Waals surface area contributed by atoms with E-state index in [1.54, 1.807) is 0 Å². The quantitative estimate of drug-likeness (QED) is 0.321. The number of hydrogen-bond acceptors (Lipinski definition) is 8. The second kappa shape index (κ2) is 8.87. The van der Waals surface area contributed by atoms with E-state index in [0.717, 1.165) is 11.1 Å². The van der Waals surface area contributed by atoms with E-state index in [9.17, 15) is 14.9 Å². The molecule has 9 heteroatoms. The average Bonchev–Trinajstić information content (AvgIpc) is 3.20. The van der Waals surface area contributed by atoms with Crippen LogP contribution in [0, 0.1) is 17.0 Å². The number of nitro benzene ring substituents is 1. The highest BCUT2D eigenvalue weighted by Crippen LogP contribution is 2.30. The number of carbonyl (C=O) groups is 1. The van der Waals surface area contributed by atoms with Gasteiger partial charge in [-0.05, 0) is 25.1 Å². The molecule has 0 bridgehead atoms. The van der Waals surface area contributed by atoms with Crippen molar-refractivity contribution < 1.29 is 28.3 Å². The molecular formula is C20H18N2O7. The number of nitro groups is 1. The predicted octanol–water partition coefficient (Wildman–Crippen LogP) is 3.69. The standard InChI is InChI=1S/C20H18N2O7/c1-13-3-5-14(6-4-13)20-21-15(11-29-20)10-28-19(23)12-27-16-7-8-17(22(24)25)18(9-16)26-2/h3-9,11H,10,12H2,1-2H3. The Morgan fingerprint density at radius 3 is 2.66 bits per heavy atom. The number of ether oxygens (including phenoxy) is 3. The Kier molecular flexibility index (Phi) is 6.08. The lowest BCUT2D eigenvalue weighted by molar-refractivity contribution is -0.385. The molecule has 0 radical (unpaired) electrons. The number of nitrogens with zero attached hydrogens (tertiary/aromatic N) is 2. The van der Waals surface area contributed by atoms with Crippen molar-refractivity contribution in [2.75, 3.05) is 13.7 Å². The highest BCUT2D eigenvalue weighted by atomic mass is 16.6. The van der Waals surface area contributed by atoms with Gasteiger partial charge in [-0.1, -0.05) is 17.7 Å². The largest absolute Gasteiger partial charge is 0.490 e. The van der Waals surface area contributed by atoms with E-state index in [4.69, 9.17) is 18.6 Å². The highest BCUT2D eigenvalue weighted by molar-refractivity contribution is 5.71. The lowest BCUT2D eigenvalue weighted by Gasteiger charge is -2.08. The van der Waals surface area contributed by atoms with Crippen molar-refractivity contribution in [2.24, 2.45) is 0 Å². The normalized spacial score (nSPS) is 10.4. The van der Waals surface area contributed by atoms with Crippen molar-refractivity contribution >= 4 is 11.7 Å². The predicted molar refractivity (Wildman–Crippen MR) is 102 cm³/mol. The van der Waals surface area contributed by atoms with Gasteiger partial charge in [0.05, 0.1) is 12.0 Å². The number of aryl methyl sites for hydroxylation is 1. The molecule has 0 aliphatic heterocycles. The summed E-state index contributed by atoms with van der Waals surface area (Å²) in [5, 5.41) is 10.9. The lowest BCUT2D eigenvalue weighted by atomic mass is 10.1. The Morgan fingerprint density at radius 2 is 1.97 bits per heavy atom. The molecular weight excluding hydrogens is 380 g/mol. The first kappa shape index (κ1) is 19.9. The van der Waals surface area contributed by atoms with Gasteiger partial charge in [0.2, 0.25) is 11.6 Å². The van der Waals surface area contributed by atoms with Gasteiger partial charge in [0.25, 0.3) is 0 Å². The fourth-order valence-electron chi connectivity index (χ4n) is 2.44. The van der Waals surface area contributed by atoms with Gasteiger partial charge >= 0.3 is 11.7 Å². The zero-order valence-electron chi connectivity index (χ0n) is 15.8.